The molecule has 0 aromatic carbocycles. The molecule has 0 bridgehead atoms. The van der Waals surface area contributed by atoms with E-state index in [2.05, 4.69) is 58.8 Å². The van der Waals surface area contributed by atoms with Gasteiger partial charge in [0, 0.05) is 20.0 Å². The molecule has 0 spiro atoms. The molecule has 5 heteroatoms. The molecule has 0 aliphatic carbocycles. The molecule has 0 aromatic heterocycles. The van der Waals surface area contributed by atoms with Crippen molar-refractivity contribution in [3.63, 3.8) is 0 Å². The molecule has 3 atom stereocenters. The molecule has 0 fully saturated rings. The van der Waals surface area contributed by atoms with E-state index in [0.29, 0.717) is 17.8 Å². The zero-order chi connectivity index (χ0) is 20.3. The van der Waals surface area contributed by atoms with E-state index in [0.717, 1.165) is 32.5 Å². The smallest absolute Gasteiger partial charge is 0.243 e. The maximum atomic E-state index is 10.6. The van der Waals surface area contributed by atoms with Crippen molar-refractivity contribution >= 4 is 11.8 Å². The first-order chi connectivity index (χ1) is 11.7. The molecule has 0 rings (SSSR count). The predicted molar refractivity (Wildman–Crippen MR) is 109 cm³/mol. The van der Waals surface area contributed by atoms with E-state index in [9.17, 15) is 9.59 Å². The van der Waals surface area contributed by atoms with E-state index in [1.54, 1.807) is 6.92 Å². The normalized spacial score (nSPS) is 13.0. The van der Waals surface area contributed by atoms with Crippen LogP contribution in [-0.4, -0.2) is 31.4 Å². The maximum absolute atomic E-state index is 10.6. The Bertz CT molecular complexity index is 329. The predicted octanol–water partition coefficient (Wildman–Crippen LogP) is 3.49. The summed E-state index contributed by atoms with van der Waals surface area (Å²) in [6, 6.07) is 0. The topological polar surface area (TPSA) is 84.2 Å². The molecule has 150 valence electrons. The highest BCUT2D eigenvalue weighted by molar-refractivity contribution is 5.86. The summed E-state index contributed by atoms with van der Waals surface area (Å²) in [6.45, 7) is 20.0. The monoisotopic (exact) mass is 357 g/mol. The second kappa shape index (κ2) is 20.7. The van der Waals surface area contributed by atoms with Crippen LogP contribution in [0, 0.1) is 17.8 Å². The third kappa shape index (κ3) is 27.8. The van der Waals surface area contributed by atoms with Crippen molar-refractivity contribution in [3.8, 4) is 0 Å². The second-order valence-corrected chi connectivity index (χ2v) is 6.66. The number of hydrogen-bond acceptors (Lipinski definition) is 3. The number of nitrogens with two attached hydrogens (primary N) is 1. The molecule has 4 N–H and O–H groups in total. The van der Waals surface area contributed by atoms with Crippen molar-refractivity contribution in [2.45, 2.75) is 67.7 Å². The lowest BCUT2D eigenvalue weighted by Crippen LogP contribution is -2.25. The van der Waals surface area contributed by atoms with Gasteiger partial charge in [-0.2, -0.15) is 0 Å². The first kappa shape index (κ1) is 28.4. The van der Waals surface area contributed by atoms with Crippen molar-refractivity contribution in [3.05, 3.63) is 12.7 Å². The zero-order valence-corrected chi connectivity index (χ0v) is 17.7. The molecule has 0 saturated heterocycles. The lowest BCUT2D eigenvalue weighted by Gasteiger charge is -2.07. The van der Waals surface area contributed by atoms with Crippen molar-refractivity contribution in [1.82, 2.24) is 10.6 Å². The lowest BCUT2D eigenvalue weighted by molar-refractivity contribution is -0.119. The van der Waals surface area contributed by atoms with Gasteiger partial charge in [0.1, 0.15) is 0 Å². The summed E-state index contributed by atoms with van der Waals surface area (Å²) >= 11 is 0. The molecule has 0 radical (unpaired) electrons. The minimum absolute atomic E-state index is 0.0651. The summed E-state index contributed by atoms with van der Waals surface area (Å²) < 4.78 is 0. The van der Waals surface area contributed by atoms with Crippen molar-refractivity contribution in [2.75, 3.05) is 19.6 Å². The molecule has 0 aromatic rings. The van der Waals surface area contributed by atoms with Crippen molar-refractivity contribution in [2.24, 2.45) is 23.5 Å². The SMILES string of the molecule is C=CC(=O)NCC(C)CC.CCC(C)CN.CCC(C)CNC(C)=O. The van der Waals surface area contributed by atoms with Crippen LogP contribution in [0.5, 0.6) is 0 Å². The highest BCUT2D eigenvalue weighted by Gasteiger charge is 1.99. The highest BCUT2D eigenvalue weighted by Crippen LogP contribution is 1.97. The molecular weight excluding hydrogens is 314 g/mol. The summed E-state index contributed by atoms with van der Waals surface area (Å²) in [6.07, 6.45) is 4.72. The van der Waals surface area contributed by atoms with Crippen LogP contribution < -0.4 is 16.4 Å². The van der Waals surface area contributed by atoms with Crippen LogP contribution in [0.1, 0.15) is 67.7 Å². The Hall–Kier alpha value is -1.36. The van der Waals surface area contributed by atoms with Crippen LogP contribution in [0.2, 0.25) is 0 Å². The minimum atomic E-state index is -0.0831. The molecule has 2 amide bonds. The molecule has 5 nitrogen and oxygen atoms in total. The van der Waals surface area contributed by atoms with Crippen LogP contribution in [0.4, 0.5) is 0 Å². The fourth-order valence-electron chi connectivity index (χ4n) is 1.12. The zero-order valence-electron chi connectivity index (χ0n) is 17.7. The van der Waals surface area contributed by atoms with Crippen LogP contribution in [0.25, 0.3) is 0 Å². The summed E-state index contributed by atoms with van der Waals surface area (Å²) in [5.74, 6) is 1.86. The average Bonchev–Trinajstić information content (AvgIpc) is 2.63. The maximum Gasteiger partial charge on any atom is 0.243 e. The Morgan fingerprint density at radius 3 is 1.56 bits per heavy atom. The van der Waals surface area contributed by atoms with Gasteiger partial charge < -0.3 is 16.4 Å². The van der Waals surface area contributed by atoms with Crippen LogP contribution >= 0.6 is 0 Å². The first-order valence-corrected chi connectivity index (χ1v) is 9.52. The van der Waals surface area contributed by atoms with Gasteiger partial charge in [-0.1, -0.05) is 67.4 Å². The quantitative estimate of drug-likeness (QED) is 0.552. The average molecular weight is 358 g/mol. The van der Waals surface area contributed by atoms with Gasteiger partial charge in [-0.05, 0) is 30.4 Å². The van der Waals surface area contributed by atoms with Gasteiger partial charge in [0.2, 0.25) is 11.8 Å². The standard InChI is InChI=1S/C8H15NO.C7H15NO.C5H13N/c1-4-7(3)6-9-8(10)5-2;1-4-6(2)5-8-7(3)9;1-3-5(2)4-6/h5,7H,2,4,6H2,1,3H3,(H,9,10);6H,4-5H2,1-3H3,(H,8,9);5H,3-4,6H2,1-2H3. The molecular formula is C20H43N3O2. The number of nitrogens with one attached hydrogen (secondary N) is 2. The van der Waals surface area contributed by atoms with E-state index in [-0.39, 0.29) is 11.8 Å². The summed E-state index contributed by atoms with van der Waals surface area (Å²) in [5.41, 5.74) is 5.28. The van der Waals surface area contributed by atoms with Gasteiger partial charge in [-0.15, -0.1) is 0 Å². The molecule has 25 heavy (non-hydrogen) atoms. The third-order valence-corrected chi connectivity index (χ3v) is 4.00. The van der Waals surface area contributed by atoms with E-state index in [1.165, 1.54) is 12.5 Å². The minimum Gasteiger partial charge on any atom is -0.356 e. The Kier molecular flexibility index (Phi) is 23.5. The first-order valence-electron chi connectivity index (χ1n) is 9.52. The Labute approximate surface area is 156 Å². The largest absolute Gasteiger partial charge is 0.356 e. The van der Waals surface area contributed by atoms with E-state index in [1.807, 2.05) is 0 Å². The van der Waals surface area contributed by atoms with Gasteiger partial charge in [0.05, 0.1) is 0 Å². The van der Waals surface area contributed by atoms with E-state index in [4.69, 9.17) is 5.73 Å². The lowest BCUT2D eigenvalue weighted by atomic mass is 10.1. The number of carbonyl (C=O) groups is 2. The Morgan fingerprint density at radius 1 is 0.920 bits per heavy atom. The van der Waals surface area contributed by atoms with Gasteiger partial charge in [-0.25, -0.2) is 0 Å². The third-order valence-electron chi connectivity index (χ3n) is 4.00. The summed E-state index contributed by atoms with van der Waals surface area (Å²) in [5, 5.41) is 5.48. The molecule has 0 aliphatic heterocycles. The number of carbonyl (C=O) groups excluding carboxylic acids is 2. The fraction of sp³-hybridized carbons (Fsp3) is 0.800. The highest BCUT2D eigenvalue weighted by atomic mass is 16.2. The summed E-state index contributed by atoms with van der Waals surface area (Å²) in [7, 11) is 0. The summed E-state index contributed by atoms with van der Waals surface area (Å²) in [4.78, 5) is 21.0. The van der Waals surface area contributed by atoms with Gasteiger partial charge in [0.25, 0.3) is 0 Å². The second-order valence-electron chi connectivity index (χ2n) is 6.66. The molecule has 0 saturated carbocycles. The molecule has 0 aliphatic rings. The number of rotatable bonds is 9. The molecule has 3 unspecified atom stereocenters. The van der Waals surface area contributed by atoms with Crippen LogP contribution in [-0.2, 0) is 9.59 Å². The van der Waals surface area contributed by atoms with Crippen LogP contribution in [0.3, 0.4) is 0 Å². The van der Waals surface area contributed by atoms with E-state index < -0.39 is 0 Å². The van der Waals surface area contributed by atoms with E-state index >= 15 is 0 Å². The number of amides is 2. The Morgan fingerprint density at radius 2 is 1.32 bits per heavy atom. The van der Waals surface area contributed by atoms with Gasteiger partial charge in [0.15, 0.2) is 0 Å². The number of hydrogen-bond donors (Lipinski definition) is 3. The van der Waals surface area contributed by atoms with Gasteiger partial charge in [-0.3, -0.25) is 9.59 Å². The van der Waals surface area contributed by atoms with Gasteiger partial charge >= 0.3 is 0 Å². The fourth-order valence-corrected chi connectivity index (χ4v) is 1.12. The Balaban J connectivity index is -0.000000300. The van der Waals surface area contributed by atoms with Crippen molar-refractivity contribution < 1.29 is 9.59 Å². The van der Waals surface area contributed by atoms with Crippen molar-refractivity contribution in [1.29, 1.82) is 0 Å². The van der Waals surface area contributed by atoms with Crippen LogP contribution in [0.15, 0.2) is 12.7 Å². The molecule has 0 heterocycles.